The van der Waals surface area contributed by atoms with Gasteiger partial charge >= 0.3 is 6.18 Å². The lowest BCUT2D eigenvalue weighted by Crippen LogP contribution is -2.24. The van der Waals surface area contributed by atoms with Gasteiger partial charge < -0.3 is 11.5 Å². The first-order valence-corrected chi connectivity index (χ1v) is 5.02. The summed E-state index contributed by atoms with van der Waals surface area (Å²) in [6.45, 7) is 1.24. The van der Waals surface area contributed by atoms with Gasteiger partial charge in [0, 0.05) is 0 Å². The maximum Gasteiger partial charge on any atom is 0.416 e. The number of aliphatic imine (C=N–C) groups is 1. The van der Waals surface area contributed by atoms with Gasteiger partial charge in [-0.1, -0.05) is 11.6 Å². The third-order valence-corrected chi connectivity index (χ3v) is 2.39. The fourth-order valence-electron chi connectivity index (χ4n) is 1.32. The average Bonchev–Trinajstić information content (AvgIpc) is 2.13. The standard InChI is InChI=1S/C10H9ClF3N3O/c1-4-2-7(11)5(8(18)17-9(15)16)3-6(4)10(12,13)14/h2-3H,1H3,(H4,15,16,17,18). The molecule has 0 spiro atoms. The molecule has 0 aliphatic heterocycles. The normalized spacial score (nSPS) is 11.2. The third-order valence-electron chi connectivity index (χ3n) is 2.08. The highest BCUT2D eigenvalue weighted by Gasteiger charge is 2.33. The first-order chi connectivity index (χ1) is 8.12. The summed E-state index contributed by atoms with van der Waals surface area (Å²) in [7, 11) is 0. The highest BCUT2D eigenvalue weighted by atomic mass is 35.5. The third kappa shape index (κ3) is 3.13. The summed E-state index contributed by atoms with van der Waals surface area (Å²) < 4.78 is 37.9. The Bertz CT molecular complexity index is 522. The zero-order chi connectivity index (χ0) is 14.1. The molecule has 4 N–H and O–H groups in total. The molecule has 0 aliphatic carbocycles. The molecule has 0 aliphatic rings. The molecule has 0 saturated carbocycles. The molecule has 1 aromatic carbocycles. The number of halogens is 4. The van der Waals surface area contributed by atoms with Crippen LogP contribution in [0.2, 0.25) is 5.02 Å². The largest absolute Gasteiger partial charge is 0.416 e. The van der Waals surface area contributed by atoms with E-state index in [1.807, 2.05) is 0 Å². The van der Waals surface area contributed by atoms with Crippen LogP contribution in [0.4, 0.5) is 13.2 Å². The number of nitrogens with zero attached hydrogens (tertiary/aromatic N) is 1. The van der Waals surface area contributed by atoms with Crippen molar-refractivity contribution in [2.24, 2.45) is 16.5 Å². The van der Waals surface area contributed by atoms with Gasteiger partial charge in [-0.25, -0.2) is 0 Å². The summed E-state index contributed by atoms with van der Waals surface area (Å²) in [6.07, 6.45) is -4.58. The smallest absolute Gasteiger partial charge is 0.370 e. The summed E-state index contributed by atoms with van der Waals surface area (Å²) >= 11 is 5.69. The van der Waals surface area contributed by atoms with E-state index < -0.39 is 29.2 Å². The lowest BCUT2D eigenvalue weighted by molar-refractivity contribution is -0.138. The summed E-state index contributed by atoms with van der Waals surface area (Å²) in [5.41, 5.74) is 8.51. The second-order valence-corrected chi connectivity index (χ2v) is 3.89. The number of alkyl halides is 3. The van der Waals surface area contributed by atoms with Gasteiger partial charge in [0.05, 0.1) is 16.1 Å². The van der Waals surface area contributed by atoms with Crippen molar-refractivity contribution >= 4 is 23.5 Å². The number of guanidine groups is 1. The number of hydrogen-bond donors (Lipinski definition) is 2. The van der Waals surface area contributed by atoms with Crippen molar-refractivity contribution in [3.8, 4) is 0 Å². The van der Waals surface area contributed by atoms with Gasteiger partial charge in [-0.05, 0) is 24.6 Å². The SMILES string of the molecule is Cc1cc(Cl)c(C(=O)N=C(N)N)cc1C(F)(F)F. The van der Waals surface area contributed by atoms with Crippen LogP contribution in [0, 0.1) is 6.92 Å². The van der Waals surface area contributed by atoms with Crippen LogP contribution in [0.15, 0.2) is 17.1 Å². The Morgan fingerprint density at radius 2 is 1.89 bits per heavy atom. The molecule has 0 atom stereocenters. The molecule has 0 bridgehead atoms. The molecule has 0 aromatic heterocycles. The van der Waals surface area contributed by atoms with Crippen LogP contribution in [-0.2, 0) is 6.18 Å². The van der Waals surface area contributed by atoms with E-state index in [2.05, 4.69) is 4.99 Å². The summed E-state index contributed by atoms with van der Waals surface area (Å²) in [5.74, 6) is -1.57. The number of hydrogen-bond acceptors (Lipinski definition) is 1. The Morgan fingerprint density at radius 3 is 2.33 bits per heavy atom. The number of carbonyl (C=O) groups is 1. The van der Waals surface area contributed by atoms with Crippen LogP contribution in [0.5, 0.6) is 0 Å². The van der Waals surface area contributed by atoms with E-state index in [-0.39, 0.29) is 10.6 Å². The topological polar surface area (TPSA) is 81.5 Å². The van der Waals surface area contributed by atoms with Crippen molar-refractivity contribution in [1.29, 1.82) is 0 Å². The van der Waals surface area contributed by atoms with Gasteiger partial charge in [-0.15, -0.1) is 0 Å². The lowest BCUT2D eigenvalue weighted by Gasteiger charge is -2.12. The highest BCUT2D eigenvalue weighted by Crippen LogP contribution is 2.34. The first kappa shape index (κ1) is 14.3. The van der Waals surface area contributed by atoms with Crippen molar-refractivity contribution < 1.29 is 18.0 Å². The van der Waals surface area contributed by atoms with E-state index in [1.54, 1.807) is 0 Å². The molecule has 1 rings (SSSR count). The first-order valence-electron chi connectivity index (χ1n) is 4.64. The van der Waals surface area contributed by atoms with Crippen LogP contribution < -0.4 is 11.5 Å². The molecule has 0 unspecified atom stereocenters. The van der Waals surface area contributed by atoms with Gasteiger partial charge in [-0.2, -0.15) is 18.2 Å². The Hall–Kier alpha value is -1.76. The molecule has 18 heavy (non-hydrogen) atoms. The summed E-state index contributed by atoms with van der Waals surface area (Å²) in [5, 5.41) is -0.143. The van der Waals surface area contributed by atoms with Crippen LogP contribution in [0.3, 0.4) is 0 Å². The summed E-state index contributed by atoms with van der Waals surface area (Å²) in [6, 6.07) is 1.67. The molecule has 1 amide bonds. The molecule has 0 fully saturated rings. The van der Waals surface area contributed by atoms with E-state index in [9.17, 15) is 18.0 Å². The van der Waals surface area contributed by atoms with Gasteiger partial charge in [0.15, 0.2) is 5.96 Å². The molecular weight excluding hydrogens is 271 g/mol. The van der Waals surface area contributed by atoms with Crippen molar-refractivity contribution in [3.63, 3.8) is 0 Å². The molecule has 1 aromatic rings. The Kier molecular flexibility index (Phi) is 3.85. The minimum absolute atomic E-state index is 0.0891. The zero-order valence-corrected chi connectivity index (χ0v) is 9.93. The van der Waals surface area contributed by atoms with Gasteiger partial charge in [-0.3, -0.25) is 4.79 Å². The van der Waals surface area contributed by atoms with Crippen molar-refractivity contribution in [3.05, 3.63) is 33.8 Å². The van der Waals surface area contributed by atoms with Crippen molar-refractivity contribution in [2.75, 3.05) is 0 Å². The molecule has 8 heteroatoms. The minimum atomic E-state index is -4.58. The Labute approximate surface area is 105 Å². The molecule has 0 saturated heterocycles. The van der Waals surface area contributed by atoms with Crippen molar-refractivity contribution in [1.82, 2.24) is 0 Å². The minimum Gasteiger partial charge on any atom is -0.370 e. The maximum atomic E-state index is 12.6. The second kappa shape index (κ2) is 4.85. The van der Waals surface area contributed by atoms with Gasteiger partial charge in [0.25, 0.3) is 5.91 Å². The molecule has 0 heterocycles. The Balaban J connectivity index is 3.39. The van der Waals surface area contributed by atoms with Gasteiger partial charge in [0.2, 0.25) is 0 Å². The maximum absolute atomic E-state index is 12.6. The van der Waals surface area contributed by atoms with E-state index >= 15 is 0 Å². The molecule has 98 valence electrons. The number of carbonyl (C=O) groups excluding carboxylic acids is 1. The van der Waals surface area contributed by atoms with E-state index in [4.69, 9.17) is 23.1 Å². The van der Waals surface area contributed by atoms with E-state index in [1.165, 1.54) is 6.92 Å². The quantitative estimate of drug-likeness (QED) is 0.610. The van der Waals surface area contributed by atoms with Crippen LogP contribution in [0.1, 0.15) is 21.5 Å². The van der Waals surface area contributed by atoms with Crippen molar-refractivity contribution in [2.45, 2.75) is 13.1 Å². The number of benzene rings is 1. The monoisotopic (exact) mass is 279 g/mol. The molecular formula is C10H9ClF3N3O. The number of aryl methyl sites for hydroxylation is 1. The van der Waals surface area contributed by atoms with Crippen LogP contribution in [0.25, 0.3) is 0 Å². The lowest BCUT2D eigenvalue weighted by atomic mass is 10.0. The molecule has 0 radical (unpaired) electrons. The number of nitrogens with two attached hydrogens (primary N) is 2. The van der Waals surface area contributed by atoms with Crippen LogP contribution >= 0.6 is 11.6 Å². The average molecular weight is 280 g/mol. The summed E-state index contributed by atoms with van der Waals surface area (Å²) in [4.78, 5) is 14.6. The zero-order valence-electron chi connectivity index (χ0n) is 9.18. The Morgan fingerprint density at radius 1 is 1.33 bits per heavy atom. The highest BCUT2D eigenvalue weighted by molar-refractivity contribution is 6.34. The van der Waals surface area contributed by atoms with E-state index in [0.29, 0.717) is 6.07 Å². The van der Waals surface area contributed by atoms with Gasteiger partial charge in [0.1, 0.15) is 0 Å². The second-order valence-electron chi connectivity index (χ2n) is 3.49. The van der Waals surface area contributed by atoms with E-state index in [0.717, 1.165) is 6.07 Å². The fourth-order valence-corrected chi connectivity index (χ4v) is 1.62. The molecule has 4 nitrogen and oxygen atoms in total. The number of amides is 1. The fraction of sp³-hybridized carbons (Fsp3) is 0.200. The number of rotatable bonds is 1. The predicted molar refractivity (Wildman–Crippen MR) is 61.3 cm³/mol. The van der Waals surface area contributed by atoms with Crippen LogP contribution in [-0.4, -0.2) is 11.9 Å². The predicted octanol–water partition coefficient (Wildman–Crippen LogP) is 2.08.